The maximum Gasteiger partial charge on any atom is 0.450 e. The third kappa shape index (κ3) is 2.77. The molecule has 0 aliphatic rings. The van der Waals surface area contributed by atoms with E-state index in [4.69, 9.17) is 4.52 Å². The van der Waals surface area contributed by atoms with Crippen molar-refractivity contribution in [2.24, 2.45) is 0 Å². The second kappa shape index (κ2) is 4.64. The fraction of sp³-hybridized carbons (Fsp3) is 0.167. The topological polar surface area (TPSA) is 43.1 Å². The van der Waals surface area contributed by atoms with Crippen molar-refractivity contribution >= 4 is 5.78 Å². The Balaban J connectivity index is 2.15. The average Bonchev–Trinajstić information content (AvgIpc) is 2.77. The zero-order valence-electron chi connectivity index (χ0n) is 9.07. The van der Waals surface area contributed by atoms with Crippen LogP contribution in [0.2, 0.25) is 0 Å². The summed E-state index contributed by atoms with van der Waals surface area (Å²) in [5.41, 5.74) is 1.12. The Labute approximate surface area is 100 Å². The quantitative estimate of drug-likeness (QED) is 0.846. The Bertz CT molecular complexity index is 546. The second-order valence-corrected chi connectivity index (χ2v) is 3.64. The van der Waals surface area contributed by atoms with Gasteiger partial charge >= 0.3 is 6.18 Å². The van der Waals surface area contributed by atoms with Gasteiger partial charge in [-0.05, 0) is 0 Å². The van der Waals surface area contributed by atoms with Crippen molar-refractivity contribution in [3.63, 3.8) is 0 Å². The molecule has 94 valence electrons. The molecule has 0 aliphatic heterocycles. The molecule has 0 unspecified atom stereocenters. The van der Waals surface area contributed by atoms with E-state index in [9.17, 15) is 18.0 Å². The summed E-state index contributed by atoms with van der Waals surface area (Å²) in [6, 6.07) is 10.2. The molecule has 1 heterocycles. The van der Waals surface area contributed by atoms with E-state index in [2.05, 4.69) is 5.16 Å². The summed E-state index contributed by atoms with van der Waals surface area (Å²) in [5, 5.41) is 3.63. The number of aromatic nitrogens is 1. The highest BCUT2D eigenvalue weighted by Gasteiger charge is 2.38. The predicted octanol–water partition coefficient (Wildman–Crippen LogP) is 3.02. The van der Waals surface area contributed by atoms with Crippen LogP contribution in [0.3, 0.4) is 0 Å². The number of Topliss-reactive ketones (excluding diaryl/α,β-unsaturated/α-hetero) is 1. The van der Waals surface area contributed by atoms with Crippen LogP contribution >= 0.6 is 0 Å². The molecular formula is C12H8F3NO2. The number of hydrogen-bond donors (Lipinski definition) is 0. The molecule has 0 saturated heterocycles. The fourth-order valence-electron chi connectivity index (χ4n) is 1.40. The van der Waals surface area contributed by atoms with Gasteiger partial charge in [-0.1, -0.05) is 35.5 Å². The molecule has 1 aromatic heterocycles. The Kier molecular flexibility index (Phi) is 3.18. The lowest BCUT2D eigenvalue weighted by atomic mass is 10.1. The van der Waals surface area contributed by atoms with Gasteiger partial charge in [0, 0.05) is 11.6 Å². The zero-order valence-corrected chi connectivity index (χ0v) is 9.07. The first-order chi connectivity index (χ1) is 8.47. The van der Waals surface area contributed by atoms with E-state index in [1.807, 2.05) is 0 Å². The molecule has 0 aliphatic carbocycles. The van der Waals surface area contributed by atoms with E-state index in [1.54, 1.807) is 30.3 Å². The molecule has 3 nitrogen and oxygen atoms in total. The lowest BCUT2D eigenvalue weighted by molar-refractivity contribution is -0.170. The van der Waals surface area contributed by atoms with Gasteiger partial charge in [0.25, 0.3) is 0 Å². The molecule has 1 aromatic carbocycles. The van der Waals surface area contributed by atoms with Crippen LogP contribution in [-0.2, 0) is 11.2 Å². The summed E-state index contributed by atoms with van der Waals surface area (Å²) in [6.07, 6.45) is -5.68. The van der Waals surface area contributed by atoms with Crippen LogP contribution in [0.1, 0.15) is 5.76 Å². The van der Waals surface area contributed by atoms with Crippen LogP contribution in [0.15, 0.2) is 40.9 Å². The van der Waals surface area contributed by atoms with Gasteiger partial charge in [-0.3, -0.25) is 4.79 Å². The molecule has 0 saturated carbocycles. The predicted molar refractivity (Wildman–Crippen MR) is 56.7 cm³/mol. The van der Waals surface area contributed by atoms with Gasteiger partial charge in [-0.25, -0.2) is 0 Å². The van der Waals surface area contributed by atoms with Crippen molar-refractivity contribution in [3.8, 4) is 11.3 Å². The number of alkyl halides is 3. The summed E-state index contributed by atoms with van der Waals surface area (Å²) < 4.78 is 40.9. The smallest absolute Gasteiger partial charge is 0.360 e. The maximum absolute atomic E-state index is 12.1. The zero-order chi connectivity index (χ0) is 13.2. The van der Waals surface area contributed by atoms with Crippen molar-refractivity contribution < 1.29 is 22.5 Å². The molecule has 0 radical (unpaired) electrons. The Morgan fingerprint density at radius 1 is 1.22 bits per heavy atom. The minimum atomic E-state index is -4.85. The average molecular weight is 255 g/mol. The highest BCUT2D eigenvalue weighted by molar-refractivity contribution is 5.85. The number of ketones is 1. The second-order valence-electron chi connectivity index (χ2n) is 3.64. The first-order valence-corrected chi connectivity index (χ1v) is 5.08. The lowest BCUT2D eigenvalue weighted by Crippen LogP contribution is -2.24. The van der Waals surface area contributed by atoms with E-state index >= 15 is 0 Å². The molecule has 0 atom stereocenters. The number of carbonyl (C=O) groups is 1. The van der Waals surface area contributed by atoms with Crippen LogP contribution in [0.5, 0.6) is 0 Å². The van der Waals surface area contributed by atoms with Gasteiger partial charge in [-0.2, -0.15) is 13.2 Å². The minimum absolute atomic E-state index is 0.101. The number of rotatable bonds is 3. The van der Waals surface area contributed by atoms with E-state index in [-0.39, 0.29) is 5.76 Å². The molecule has 18 heavy (non-hydrogen) atoms. The molecular weight excluding hydrogens is 247 g/mol. The fourth-order valence-corrected chi connectivity index (χ4v) is 1.40. The van der Waals surface area contributed by atoms with Crippen molar-refractivity contribution in [2.75, 3.05) is 0 Å². The molecule has 0 bridgehead atoms. The van der Waals surface area contributed by atoms with Crippen molar-refractivity contribution in [1.82, 2.24) is 5.16 Å². The third-order valence-corrected chi connectivity index (χ3v) is 2.28. The SMILES string of the molecule is O=C(Cc1cc(-c2ccccc2)no1)C(F)(F)F. The first kappa shape index (κ1) is 12.3. The van der Waals surface area contributed by atoms with Gasteiger partial charge in [0.05, 0.1) is 6.42 Å². The molecule has 0 amide bonds. The summed E-state index contributed by atoms with van der Waals surface area (Å²) in [6.45, 7) is 0. The van der Waals surface area contributed by atoms with E-state index in [1.165, 1.54) is 6.07 Å². The van der Waals surface area contributed by atoms with Gasteiger partial charge in [0.2, 0.25) is 5.78 Å². The molecule has 2 rings (SSSR count). The van der Waals surface area contributed by atoms with Crippen LogP contribution in [0.25, 0.3) is 11.3 Å². The normalized spacial score (nSPS) is 11.5. The van der Waals surface area contributed by atoms with Crippen LogP contribution in [-0.4, -0.2) is 17.1 Å². The Morgan fingerprint density at radius 3 is 2.50 bits per heavy atom. The highest BCUT2D eigenvalue weighted by atomic mass is 19.4. The van der Waals surface area contributed by atoms with Crippen molar-refractivity contribution in [1.29, 1.82) is 0 Å². The maximum atomic E-state index is 12.1. The van der Waals surface area contributed by atoms with Gasteiger partial charge in [-0.15, -0.1) is 0 Å². The number of carbonyl (C=O) groups excluding carboxylic acids is 1. The number of nitrogens with zero attached hydrogens (tertiary/aromatic N) is 1. The summed E-state index contributed by atoms with van der Waals surface area (Å²) in [5.74, 6) is -1.95. The van der Waals surface area contributed by atoms with Crippen molar-refractivity contribution in [2.45, 2.75) is 12.6 Å². The van der Waals surface area contributed by atoms with E-state index in [0.717, 1.165) is 0 Å². The van der Waals surface area contributed by atoms with Gasteiger partial charge in [0.15, 0.2) is 0 Å². The van der Waals surface area contributed by atoms with Gasteiger partial charge in [0.1, 0.15) is 11.5 Å². The summed E-state index contributed by atoms with van der Waals surface area (Å²) in [4.78, 5) is 10.8. The first-order valence-electron chi connectivity index (χ1n) is 5.08. The number of halogens is 3. The molecule has 6 heteroatoms. The number of benzene rings is 1. The number of hydrogen-bond acceptors (Lipinski definition) is 3. The Morgan fingerprint density at radius 2 is 1.89 bits per heavy atom. The third-order valence-electron chi connectivity index (χ3n) is 2.28. The van der Waals surface area contributed by atoms with Crippen LogP contribution in [0, 0.1) is 0 Å². The molecule has 0 N–H and O–H groups in total. The van der Waals surface area contributed by atoms with Crippen LogP contribution in [0.4, 0.5) is 13.2 Å². The van der Waals surface area contributed by atoms with Crippen molar-refractivity contribution in [3.05, 3.63) is 42.2 Å². The summed E-state index contributed by atoms with van der Waals surface area (Å²) >= 11 is 0. The van der Waals surface area contributed by atoms with E-state index < -0.39 is 18.4 Å². The standard InChI is InChI=1S/C12H8F3NO2/c13-12(14,15)11(17)7-9-6-10(16-18-9)8-4-2-1-3-5-8/h1-6H,7H2. The molecule has 0 fully saturated rings. The monoisotopic (exact) mass is 255 g/mol. The molecule has 2 aromatic rings. The largest absolute Gasteiger partial charge is 0.450 e. The lowest BCUT2D eigenvalue weighted by Gasteiger charge is -2.01. The summed E-state index contributed by atoms with van der Waals surface area (Å²) in [7, 11) is 0. The highest BCUT2D eigenvalue weighted by Crippen LogP contribution is 2.22. The van der Waals surface area contributed by atoms with Crippen LogP contribution < -0.4 is 0 Å². The minimum Gasteiger partial charge on any atom is -0.360 e. The van der Waals surface area contributed by atoms with Gasteiger partial charge < -0.3 is 4.52 Å². The Hall–Kier alpha value is -2.11. The van der Waals surface area contributed by atoms with E-state index in [0.29, 0.717) is 11.3 Å². The molecule has 0 spiro atoms.